The van der Waals surface area contributed by atoms with E-state index in [1.54, 1.807) is 33.9 Å². The predicted octanol–water partition coefficient (Wildman–Crippen LogP) is 4.91. The van der Waals surface area contributed by atoms with Gasteiger partial charge in [-0.1, -0.05) is 29.3 Å². The van der Waals surface area contributed by atoms with E-state index in [9.17, 15) is 4.79 Å². The van der Waals surface area contributed by atoms with E-state index < -0.39 is 0 Å². The van der Waals surface area contributed by atoms with E-state index in [1.807, 2.05) is 13.0 Å². The minimum Gasteiger partial charge on any atom is -0.307 e. The summed E-state index contributed by atoms with van der Waals surface area (Å²) in [4.78, 5) is 12.3. The van der Waals surface area contributed by atoms with Crippen LogP contribution >= 0.6 is 55.1 Å². The molecule has 10 heteroatoms. The molecule has 2 aromatic heterocycles. The third kappa shape index (κ3) is 4.49. The van der Waals surface area contributed by atoms with E-state index in [1.165, 1.54) is 0 Å². The van der Waals surface area contributed by atoms with Crippen molar-refractivity contribution in [3.8, 4) is 0 Å². The summed E-state index contributed by atoms with van der Waals surface area (Å²) in [5, 5.41) is 12.4. The maximum atomic E-state index is 12.3. The number of aromatic nitrogens is 4. The second-order valence-corrected chi connectivity index (χ2v) is 8.10. The van der Waals surface area contributed by atoms with Gasteiger partial charge in [-0.2, -0.15) is 10.2 Å². The van der Waals surface area contributed by atoms with E-state index in [0.29, 0.717) is 26.9 Å². The summed E-state index contributed by atoms with van der Waals surface area (Å²) < 4.78 is 4.83. The van der Waals surface area contributed by atoms with Crippen molar-refractivity contribution in [3.63, 3.8) is 0 Å². The van der Waals surface area contributed by atoms with Gasteiger partial charge in [0.1, 0.15) is 6.54 Å². The Labute approximate surface area is 176 Å². The molecule has 1 N–H and O–H groups in total. The second-order valence-electron chi connectivity index (χ2n) is 5.54. The highest BCUT2D eigenvalue weighted by molar-refractivity contribution is 9.10. The van der Waals surface area contributed by atoms with Crippen LogP contribution in [0.3, 0.4) is 0 Å². The van der Waals surface area contributed by atoms with Crippen molar-refractivity contribution in [2.75, 3.05) is 5.32 Å². The molecule has 3 aromatic rings. The van der Waals surface area contributed by atoms with Crippen LogP contribution in [-0.2, 0) is 17.9 Å². The molecule has 3 rings (SSSR count). The average molecular weight is 522 g/mol. The van der Waals surface area contributed by atoms with Gasteiger partial charge >= 0.3 is 0 Å². The molecule has 0 spiro atoms. The molecule has 0 radical (unpaired) electrons. The lowest BCUT2D eigenvalue weighted by Crippen LogP contribution is -2.20. The molecule has 0 aliphatic carbocycles. The number of halogens is 4. The monoisotopic (exact) mass is 519 g/mol. The molecule has 6 nitrogen and oxygen atoms in total. The third-order valence-electron chi connectivity index (χ3n) is 3.66. The van der Waals surface area contributed by atoms with Gasteiger partial charge in [0.05, 0.1) is 27.4 Å². The SMILES string of the molecule is Cc1c(Br)cnn1CC(=O)Nc1nn(Cc2ccc(Cl)cc2Cl)cc1Br. The van der Waals surface area contributed by atoms with Gasteiger partial charge in [-0.05, 0) is 56.5 Å². The molecular formula is C16H13Br2Cl2N5O. The normalized spacial score (nSPS) is 11.0. The average Bonchev–Trinajstić information content (AvgIpc) is 3.07. The zero-order chi connectivity index (χ0) is 18.8. The second kappa shape index (κ2) is 8.12. The Morgan fingerprint density at radius 2 is 2.04 bits per heavy atom. The van der Waals surface area contributed by atoms with Gasteiger partial charge in [-0.3, -0.25) is 14.2 Å². The van der Waals surface area contributed by atoms with Crippen LogP contribution in [0.25, 0.3) is 0 Å². The lowest BCUT2D eigenvalue weighted by atomic mass is 10.2. The number of amides is 1. The molecular weight excluding hydrogens is 509 g/mol. The fraction of sp³-hybridized carbons (Fsp3) is 0.188. The largest absolute Gasteiger partial charge is 0.307 e. The predicted molar refractivity (Wildman–Crippen MR) is 109 cm³/mol. The molecule has 0 atom stereocenters. The summed E-state index contributed by atoms with van der Waals surface area (Å²) in [6, 6.07) is 5.30. The first-order chi connectivity index (χ1) is 12.3. The Kier molecular flexibility index (Phi) is 6.06. The topological polar surface area (TPSA) is 64.7 Å². The number of carbonyl (C=O) groups excluding carboxylic acids is 1. The fourth-order valence-corrected chi connectivity index (χ4v) is 3.46. The van der Waals surface area contributed by atoms with Crippen LogP contribution in [0.5, 0.6) is 0 Å². The standard InChI is InChI=1S/C16H13Br2Cl2N5O/c1-9-12(17)5-21-25(9)8-15(26)22-16-13(18)7-24(23-16)6-10-2-3-11(19)4-14(10)20/h2-5,7H,6,8H2,1H3,(H,22,23,26). The minimum atomic E-state index is -0.223. The van der Waals surface area contributed by atoms with Gasteiger partial charge in [-0.25, -0.2) is 0 Å². The highest BCUT2D eigenvalue weighted by atomic mass is 79.9. The molecule has 136 valence electrons. The van der Waals surface area contributed by atoms with Crippen LogP contribution in [0.15, 0.2) is 39.5 Å². The van der Waals surface area contributed by atoms with Gasteiger partial charge in [0, 0.05) is 16.2 Å². The van der Waals surface area contributed by atoms with E-state index in [0.717, 1.165) is 15.7 Å². The first kappa shape index (κ1) is 19.4. The number of rotatable bonds is 5. The quantitative estimate of drug-likeness (QED) is 0.519. The Balaban J connectivity index is 1.69. The van der Waals surface area contributed by atoms with Gasteiger partial charge in [0.25, 0.3) is 0 Å². The molecule has 2 heterocycles. The van der Waals surface area contributed by atoms with Gasteiger partial charge in [0.2, 0.25) is 5.91 Å². The molecule has 0 saturated heterocycles. The Hall–Kier alpha value is -1.35. The van der Waals surface area contributed by atoms with Gasteiger partial charge in [-0.15, -0.1) is 0 Å². The minimum absolute atomic E-state index is 0.0970. The van der Waals surface area contributed by atoms with Crippen LogP contribution in [0.4, 0.5) is 5.82 Å². The third-order valence-corrected chi connectivity index (χ3v) is 5.60. The zero-order valence-electron chi connectivity index (χ0n) is 13.5. The maximum Gasteiger partial charge on any atom is 0.247 e. The van der Waals surface area contributed by atoms with Crippen molar-refractivity contribution < 1.29 is 4.79 Å². The van der Waals surface area contributed by atoms with E-state index in [2.05, 4.69) is 47.4 Å². The number of hydrogen-bond acceptors (Lipinski definition) is 3. The molecule has 0 aliphatic heterocycles. The fourth-order valence-electron chi connectivity index (χ4n) is 2.28. The number of anilines is 1. The summed E-state index contributed by atoms with van der Waals surface area (Å²) in [6.45, 7) is 2.43. The Morgan fingerprint density at radius 3 is 2.69 bits per heavy atom. The summed E-state index contributed by atoms with van der Waals surface area (Å²) in [7, 11) is 0. The lowest BCUT2D eigenvalue weighted by molar-refractivity contribution is -0.117. The molecule has 0 unspecified atom stereocenters. The first-order valence-corrected chi connectivity index (χ1v) is 9.82. The van der Waals surface area contributed by atoms with Crippen molar-refractivity contribution in [2.45, 2.75) is 20.0 Å². The summed E-state index contributed by atoms with van der Waals surface area (Å²) >= 11 is 18.9. The Bertz CT molecular complexity index is 970. The highest BCUT2D eigenvalue weighted by Crippen LogP contribution is 2.24. The van der Waals surface area contributed by atoms with Gasteiger partial charge in [0.15, 0.2) is 5.82 Å². The van der Waals surface area contributed by atoms with Crippen molar-refractivity contribution in [1.82, 2.24) is 19.6 Å². The number of benzene rings is 1. The van der Waals surface area contributed by atoms with Gasteiger partial charge < -0.3 is 5.32 Å². The number of carbonyl (C=O) groups is 1. The highest BCUT2D eigenvalue weighted by Gasteiger charge is 2.14. The van der Waals surface area contributed by atoms with Crippen molar-refractivity contribution in [3.05, 3.63) is 60.8 Å². The number of nitrogens with one attached hydrogen (secondary N) is 1. The maximum absolute atomic E-state index is 12.3. The molecule has 26 heavy (non-hydrogen) atoms. The molecule has 0 aliphatic rings. The number of nitrogens with zero attached hydrogens (tertiary/aromatic N) is 4. The molecule has 1 aromatic carbocycles. The van der Waals surface area contributed by atoms with Crippen molar-refractivity contribution >= 4 is 66.8 Å². The molecule has 0 bridgehead atoms. The summed E-state index contributed by atoms with van der Waals surface area (Å²) in [6.07, 6.45) is 3.43. The van der Waals surface area contributed by atoms with Crippen LogP contribution in [0, 0.1) is 6.92 Å². The van der Waals surface area contributed by atoms with Crippen LogP contribution in [0.1, 0.15) is 11.3 Å². The molecule has 1 amide bonds. The lowest BCUT2D eigenvalue weighted by Gasteiger charge is -2.06. The van der Waals surface area contributed by atoms with E-state index >= 15 is 0 Å². The number of hydrogen-bond donors (Lipinski definition) is 1. The van der Waals surface area contributed by atoms with Crippen LogP contribution in [-0.4, -0.2) is 25.5 Å². The first-order valence-electron chi connectivity index (χ1n) is 7.48. The summed E-state index contributed by atoms with van der Waals surface area (Å²) in [5.74, 6) is 0.211. The van der Waals surface area contributed by atoms with E-state index in [-0.39, 0.29) is 12.5 Å². The van der Waals surface area contributed by atoms with Crippen molar-refractivity contribution in [1.29, 1.82) is 0 Å². The van der Waals surface area contributed by atoms with Crippen LogP contribution < -0.4 is 5.32 Å². The van der Waals surface area contributed by atoms with Crippen LogP contribution in [0.2, 0.25) is 10.0 Å². The molecule has 0 fully saturated rings. The van der Waals surface area contributed by atoms with Crippen molar-refractivity contribution in [2.24, 2.45) is 0 Å². The summed E-state index contributed by atoms with van der Waals surface area (Å²) in [5.41, 5.74) is 1.75. The molecule has 0 saturated carbocycles. The Morgan fingerprint density at radius 1 is 1.27 bits per heavy atom. The zero-order valence-corrected chi connectivity index (χ0v) is 18.2. The van der Waals surface area contributed by atoms with E-state index in [4.69, 9.17) is 23.2 Å². The smallest absolute Gasteiger partial charge is 0.247 e.